The van der Waals surface area contributed by atoms with Gasteiger partial charge >= 0.3 is 7.82 Å². The lowest BCUT2D eigenvalue weighted by atomic mass is 10.0. The van der Waals surface area contributed by atoms with Crippen LogP contribution in [0.3, 0.4) is 0 Å². The summed E-state index contributed by atoms with van der Waals surface area (Å²) in [6.07, 6.45) is 27.1. The standard InChI is InChI=1S/C34H69N2O6P/c1-6-8-10-12-14-15-16-17-18-19-20-22-23-25-27-33(37)32(31-42-43(39,40)41-30-29-36(3,4)5)35-34(38)28-26-24-21-13-11-9-7-2/h25,27,32-33,37H,6-24,26,28-31H2,1-5H3,(H-,35,38,39,40)/p+1/b27-25+/t32-,33+/m0/s1. The SMILES string of the molecule is CCCCCCCCCCCCCC/C=C/[C@@H](O)[C@H](COP(=O)(O)OCC[N+](C)(C)C)NC(=O)CCCCCCCCC. The van der Waals surface area contributed by atoms with Gasteiger partial charge < -0.3 is 19.8 Å². The number of amides is 1. The van der Waals surface area contributed by atoms with Crippen LogP contribution in [0.5, 0.6) is 0 Å². The minimum absolute atomic E-state index is 0.0636. The van der Waals surface area contributed by atoms with Gasteiger partial charge in [-0.15, -0.1) is 0 Å². The number of carbonyl (C=O) groups is 1. The lowest BCUT2D eigenvalue weighted by molar-refractivity contribution is -0.870. The second-order valence-corrected chi connectivity index (χ2v) is 14.7. The Morgan fingerprint density at radius 1 is 0.767 bits per heavy atom. The van der Waals surface area contributed by atoms with Crippen LogP contribution < -0.4 is 5.32 Å². The quantitative estimate of drug-likeness (QED) is 0.0306. The molecule has 256 valence electrons. The van der Waals surface area contributed by atoms with Crippen LogP contribution >= 0.6 is 7.82 Å². The van der Waals surface area contributed by atoms with Gasteiger partial charge in [-0.3, -0.25) is 13.8 Å². The minimum Gasteiger partial charge on any atom is -0.387 e. The minimum atomic E-state index is -4.31. The molecule has 43 heavy (non-hydrogen) atoms. The van der Waals surface area contributed by atoms with Crippen molar-refractivity contribution in [3.05, 3.63) is 12.2 Å². The molecule has 0 bridgehead atoms. The third-order valence-electron chi connectivity index (χ3n) is 7.76. The van der Waals surface area contributed by atoms with Crippen LogP contribution in [0.4, 0.5) is 0 Å². The van der Waals surface area contributed by atoms with Crippen LogP contribution in [0.15, 0.2) is 12.2 Å². The normalized spacial score (nSPS) is 15.0. The largest absolute Gasteiger partial charge is 0.472 e. The third-order valence-corrected chi connectivity index (χ3v) is 8.74. The molecule has 0 aromatic carbocycles. The highest BCUT2D eigenvalue weighted by Crippen LogP contribution is 2.43. The number of nitrogens with one attached hydrogen (secondary N) is 1. The van der Waals surface area contributed by atoms with E-state index in [1.165, 1.54) is 89.9 Å². The first-order chi connectivity index (χ1) is 20.5. The Kier molecular flexibility index (Phi) is 27.1. The summed E-state index contributed by atoms with van der Waals surface area (Å²) >= 11 is 0. The first-order valence-electron chi connectivity index (χ1n) is 17.6. The van der Waals surface area contributed by atoms with Crippen molar-refractivity contribution in [1.82, 2.24) is 5.32 Å². The number of quaternary nitrogens is 1. The van der Waals surface area contributed by atoms with Gasteiger partial charge in [-0.1, -0.05) is 135 Å². The van der Waals surface area contributed by atoms with E-state index in [2.05, 4.69) is 19.2 Å². The van der Waals surface area contributed by atoms with Crippen molar-refractivity contribution in [3.8, 4) is 0 Å². The van der Waals surface area contributed by atoms with Gasteiger partial charge in [0.15, 0.2) is 0 Å². The van der Waals surface area contributed by atoms with Gasteiger partial charge in [-0.2, -0.15) is 0 Å². The Hall–Kier alpha value is -0.760. The number of nitrogens with zero attached hydrogens (tertiary/aromatic N) is 1. The van der Waals surface area contributed by atoms with Gasteiger partial charge in [0.2, 0.25) is 5.91 Å². The van der Waals surface area contributed by atoms with Crippen molar-refractivity contribution in [2.24, 2.45) is 0 Å². The van der Waals surface area contributed by atoms with Crippen molar-refractivity contribution in [2.45, 2.75) is 161 Å². The predicted octanol–water partition coefficient (Wildman–Crippen LogP) is 8.46. The smallest absolute Gasteiger partial charge is 0.387 e. The fraction of sp³-hybridized carbons (Fsp3) is 0.912. The molecule has 3 N–H and O–H groups in total. The van der Waals surface area contributed by atoms with Gasteiger partial charge in [0.25, 0.3) is 0 Å². The van der Waals surface area contributed by atoms with Crippen LogP contribution in [0.25, 0.3) is 0 Å². The summed E-state index contributed by atoms with van der Waals surface area (Å²) in [6.45, 7) is 4.74. The topological polar surface area (TPSA) is 105 Å². The third kappa shape index (κ3) is 29.7. The van der Waals surface area contributed by atoms with Crippen LogP contribution in [0.2, 0.25) is 0 Å². The number of hydrogen-bond acceptors (Lipinski definition) is 5. The summed E-state index contributed by atoms with van der Waals surface area (Å²) in [5, 5.41) is 13.6. The zero-order chi connectivity index (χ0) is 32.2. The predicted molar refractivity (Wildman–Crippen MR) is 180 cm³/mol. The van der Waals surface area contributed by atoms with E-state index in [1.807, 2.05) is 27.2 Å². The molecule has 8 nitrogen and oxygen atoms in total. The van der Waals surface area contributed by atoms with Crippen molar-refractivity contribution < 1.29 is 32.9 Å². The number of rotatable bonds is 31. The fourth-order valence-corrected chi connectivity index (χ4v) is 5.60. The summed E-state index contributed by atoms with van der Waals surface area (Å²) in [7, 11) is 1.57. The molecule has 1 unspecified atom stereocenters. The summed E-state index contributed by atoms with van der Waals surface area (Å²) < 4.78 is 23.3. The van der Waals surface area contributed by atoms with Gasteiger partial charge in [-0.05, 0) is 19.3 Å². The molecule has 1 amide bonds. The summed E-state index contributed by atoms with van der Waals surface area (Å²) in [4.78, 5) is 22.8. The number of aliphatic hydroxyl groups is 1. The van der Waals surface area contributed by atoms with Gasteiger partial charge in [0.1, 0.15) is 13.2 Å². The number of phosphoric ester groups is 1. The Labute approximate surface area is 265 Å². The summed E-state index contributed by atoms with van der Waals surface area (Å²) in [6, 6.07) is -0.835. The number of unbranched alkanes of at least 4 members (excludes halogenated alkanes) is 18. The molecule has 0 aliphatic heterocycles. The van der Waals surface area contributed by atoms with Crippen molar-refractivity contribution in [3.63, 3.8) is 0 Å². The average Bonchev–Trinajstić information content (AvgIpc) is 2.94. The van der Waals surface area contributed by atoms with Crippen LogP contribution in [0.1, 0.15) is 149 Å². The van der Waals surface area contributed by atoms with E-state index in [1.54, 1.807) is 6.08 Å². The highest BCUT2D eigenvalue weighted by Gasteiger charge is 2.27. The maximum Gasteiger partial charge on any atom is 0.472 e. The molecule has 0 fully saturated rings. The number of phosphoric acid groups is 1. The molecule has 0 saturated heterocycles. The molecule has 0 spiro atoms. The van der Waals surface area contributed by atoms with E-state index in [9.17, 15) is 19.4 Å². The fourth-order valence-electron chi connectivity index (χ4n) is 4.86. The number of aliphatic hydroxyl groups excluding tert-OH is 1. The highest BCUT2D eigenvalue weighted by molar-refractivity contribution is 7.47. The van der Waals surface area contributed by atoms with Gasteiger partial charge in [0, 0.05) is 6.42 Å². The summed E-state index contributed by atoms with van der Waals surface area (Å²) in [5.41, 5.74) is 0. The second-order valence-electron chi connectivity index (χ2n) is 13.3. The van der Waals surface area contributed by atoms with E-state index in [0.717, 1.165) is 38.5 Å². The van der Waals surface area contributed by atoms with E-state index < -0.39 is 20.0 Å². The summed E-state index contributed by atoms with van der Waals surface area (Å²) in [5.74, 6) is -0.186. The van der Waals surface area contributed by atoms with Crippen molar-refractivity contribution in [2.75, 3.05) is 40.9 Å². The van der Waals surface area contributed by atoms with E-state index in [4.69, 9.17) is 9.05 Å². The zero-order valence-corrected chi connectivity index (χ0v) is 29.6. The second kappa shape index (κ2) is 27.5. The molecule has 0 aliphatic carbocycles. The maximum absolute atomic E-state index is 12.6. The Morgan fingerprint density at radius 2 is 1.23 bits per heavy atom. The average molecular weight is 634 g/mol. The first-order valence-corrected chi connectivity index (χ1v) is 19.1. The van der Waals surface area contributed by atoms with Crippen molar-refractivity contribution >= 4 is 13.7 Å². The lowest BCUT2D eigenvalue weighted by Gasteiger charge is -2.25. The van der Waals surface area contributed by atoms with E-state index in [0.29, 0.717) is 17.4 Å². The van der Waals surface area contributed by atoms with Gasteiger partial charge in [-0.25, -0.2) is 4.57 Å². The molecule has 0 rings (SSSR count). The Morgan fingerprint density at radius 3 is 1.72 bits per heavy atom. The van der Waals surface area contributed by atoms with Crippen LogP contribution in [0, 0.1) is 0 Å². The molecule has 3 atom stereocenters. The highest BCUT2D eigenvalue weighted by atomic mass is 31.2. The van der Waals surface area contributed by atoms with Crippen LogP contribution in [-0.4, -0.2) is 73.4 Å². The number of hydrogen-bond donors (Lipinski definition) is 3. The molecule has 0 heterocycles. The van der Waals surface area contributed by atoms with E-state index >= 15 is 0 Å². The van der Waals surface area contributed by atoms with E-state index in [-0.39, 0.29) is 19.1 Å². The molecular formula is C34H70N2O6P+. The first kappa shape index (κ1) is 42.2. The van der Waals surface area contributed by atoms with Crippen molar-refractivity contribution in [1.29, 1.82) is 0 Å². The van der Waals surface area contributed by atoms with Crippen LogP contribution in [-0.2, 0) is 18.4 Å². The molecule has 0 aliphatic rings. The zero-order valence-electron chi connectivity index (χ0n) is 28.7. The number of likely N-dealkylation sites (N-methyl/N-ethyl adjacent to an activating group) is 1. The maximum atomic E-state index is 12.6. The number of carbonyl (C=O) groups excluding carboxylic acids is 1. The molecule has 0 aromatic heterocycles. The molecule has 0 aromatic rings. The number of allylic oxidation sites excluding steroid dienone is 1. The lowest BCUT2D eigenvalue weighted by Crippen LogP contribution is -2.45. The molecule has 0 saturated carbocycles. The molecule has 9 heteroatoms. The monoisotopic (exact) mass is 633 g/mol. The molecule has 0 radical (unpaired) electrons. The molecular weight excluding hydrogens is 563 g/mol. The Bertz CT molecular complexity index is 728. The Balaban J connectivity index is 4.54. The van der Waals surface area contributed by atoms with Gasteiger partial charge in [0.05, 0.1) is 39.9 Å².